The summed E-state index contributed by atoms with van der Waals surface area (Å²) in [6.07, 6.45) is -0.442. The predicted octanol–water partition coefficient (Wildman–Crippen LogP) is 3.75. The van der Waals surface area contributed by atoms with Crippen molar-refractivity contribution in [3.05, 3.63) is 29.3 Å². The van der Waals surface area contributed by atoms with Gasteiger partial charge >= 0.3 is 6.09 Å². The van der Waals surface area contributed by atoms with E-state index in [1.165, 1.54) is 0 Å². The minimum atomic E-state index is -1.18. The number of rotatable bonds is 4. The van der Waals surface area contributed by atoms with E-state index < -0.39 is 14.2 Å². The fourth-order valence-electron chi connectivity index (χ4n) is 1.47. The Morgan fingerprint density at radius 2 is 2.11 bits per heavy atom. The number of hydrogen-bond acceptors (Lipinski definition) is 3. The minimum Gasteiger partial charge on any atom is -0.450 e. The highest BCUT2D eigenvalue weighted by Gasteiger charge is 2.14. The first-order valence-corrected chi connectivity index (χ1v) is 9.97. The Hall–Kier alpha value is -1.80. The second kappa shape index (κ2) is 6.39. The van der Waals surface area contributed by atoms with E-state index in [-0.39, 0.29) is 0 Å². The van der Waals surface area contributed by atoms with Gasteiger partial charge in [-0.05, 0) is 36.7 Å². The maximum Gasteiger partial charge on any atom is 0.411 e. The largest absolute Gasteiger partial charge is 0.450 e. The molecule has 1 rings (SSSR count). The van der Waals surface area contributed by atoms with Crippen molar-refractivity contribution in [2.45, 2.75) is 32.6 Å². The third-order valence-electron chi connectivity index (χ3n) is 2.68. The quantitative estimate of drug-likeness (QED) is 0.852. The third-order valence-corrected chi connectivity index (χ3v) is 4.38. The topological polar surface area (TPSA) is 62.1 Å². The molecule has 1 amide bonds. The molecule has 0 heterocycles. The number of benzene rings is 1. The molecule has 0 aliphatic heterocycles. The standard InChI is InChI=1S/C14H20N2O2Si/c1-11-9-13(6-5-12(11)10-15)16-14(17)18-7-8-19(2,3)4/h5-6,9H,7-8H2,1-4H3,(H,16,17). The highest BCUT2D eigenvalue weighted by atomic mass is 28.3. The van der Waals surface area contributed by atoms with Crippen LogP contribution in [0.2, 0.25) is 25.7 Å². The number of carbonyl (C=O) groups excluding carboxylic acids is 1. The van der Waals surface area contributed by atoms with Crippen LogP contribution < -0.4 is 5.32 Å². The minimum absolute atomic E-state index is 0.442. The second-order valence-electron chi connectivity index (χ2n) is 5.71. The van der Waals surface area contributed by atoms with E-state index in [0.717, 1.165) is 11.6 Å². The van der Waals surface area contributed by atoms with Gasteiger partial charge in [-0.3, -0.25) is 5.32 Å². The number of nitriles is 1. The van der Waals surface area contributed by atoms with Crippen molar-refractivity contribution < 1.29 is 9.53 Å². The van der Waals surface area contributed by atoms with Crippen LogP contribution >= 0.6 is 0 Å². The summed E-state index contributed by atoms with van der Waals surface area (Å²) in [5.41, 5.74) is 2.09. The van der Waals surface area contributed by atoms with E-state index in [4.69, 9.17) is 10.00 Å². The lowest BCUT2D eigenvalue weighted by Gasteiger charge is -2.15. The van der Waals surface area contributed by atoms with E-state index in [0.29, 0.717) is 17.9 Å². The molecule has 1 aromatic rings. The Morgan fingerprint density at radius 1 is 1.42 bits per heavy atom. The fourth-order valence-corrected chi connectivity index (χ4v) is 2.19. The molecule has 5 heteroatoms. The molecule has 0 aliphatic carbocycles. The smallest absolute Gasteiger partial charge is 0.411 e. The summed E-state index contributed by atoms with van der Waals surface area (Å²) in [5, 5.41) is 11.5. The van der Waals surface area contributed by atoms with Crippen molar-refractivity contribution in [1.82, 2.24) is 0 Å². The van der Waals surface area contributed by atoms with Crippen LogP contribution in [0.4, 0.5) is 10.5 Å². The molecule has 0 fully saturated rings. The lowest BCUT2D eigenvalue weighted by atomic mass is 10.1. The maximum absolute atomic E-state index is 11.6. The lowest BCUT2D eigenvalue weighted by molar-refractivity contribution is 0.167. The molecule has 0 spiro atoms. The molecule has 0 unspecified atom stereocenters. The number of ether oxygens (including phenoxy) is 1. The van der Waals surface area contributed by atoms with Crippen LogP contribution in [-0.4, -0.2) is 20.8 Å². The molecule has 0 atom stereocenters. The third kappa shape index (κ3) is 5.58. The highest BCUT2D eigenvalue weighted by molar-refractivity contribution is 6.76. The molecule has 0 aliphatic rings. The summed E-state index contributed by atoms with van der Waals surface area (Å²) in [6.45, 7) is 8.99. The van der Waals surface area contributed by atoms with Gasteiger partial charge in [0.1, 0.15) is 0 Å². The Bertz CT molecular complexity index is 501. The normalized spacial score (nSPS) is 10.7. The zero-order valence-electron chi connectivity index (χ0n) is 11.9. The van der Waals surface area contributed by atoms with Crippen molar-refractivity contribution in [2.75, 3.05) is 11.9 Å². The summed E-state index contributed by atoms with van der Waals surface area (Å²) in [5.74, 6) is 0. The van der Waals surface area contributed by atoms with Gasteiger partial charge in [0.15, 0.2) is 0 Å². The van der Waals surface area contributed by atoms with Gasteiger partial charge in [-0.15, -0.1) is 0 Å². The molecule has 0 saturated carbocycles. The summed E-state index contributed by atoms with van der Waals surface area (Å²) in [6, 6.07) is 8.19. The molecule has 19 heavy (non-hydrogen) atoms. The first kappa shape index (κ1) is 15.3. The SMILES string of the molecule is Cc1cc(NC(=O)OCC[Si](C)(C)C)ccc1C#N. The molecule has 0 aromatic heterocycles. The van der Waals surface area contributed by atoms with E-state index in [9.17, 15) is 4.79 Å². The van der Waals surface area contributed by atoms with Gasteiger partial charge in [0, 0.05) is 13.8 Å². The Morgan fingerprint density at radius 3 is 2.63 bits per heavy atom. The van der Waals surface area contributed by atoms with Gasteiger partial charge in [-0.25, -0.2) is 4.79 Å². The molecule has 4 nitrogen and oxygen atoms in total. The number of hydrogen-bond donors (Lipinski definition) is 1. The van der Waals surface area contributed by atoms with Crippen molar-refractivity contribution in [1.29, 1.82) is 5.26 Å². The summed E-state index contributed by atoms with van der Waals surface area (Å²) in [7, 11) is -1.18. The maximum atomic E-state index is 11.6. The average Bonchev–Trinajstić information content (AvgIpc) is 2.27. The first-order chi connectivity index (χ1) is 8.81. The van der Waals surface area contributed by atoms with Crippen molar-refractivity contribution in [3.8, 4) is 6.07 Å². The fraction of sp³-hybridized carbons (Fsp3) is 0.429. The van der Waals surface area contributed by atoms with E-state index in [1.54, 1.807) is 18.2 Å². The number of amides is 1. The molecular formula is C14H20N2O2Si. The average molecular weight is 276 g/mol. The number of anilines is 1. The van der Waals surface area contributed by atoms with Gasteiger partial charge in [-0.2, -0.15) is 5.26 Å². The lowest BCUT2D eigenvalue weighted by Crippen LogP contribution is -2.24. The van der Waals surface area contributed by atoms with E-state index >= 15 is 0 Å². The number of nitrogens with zero attached hydrogens (tertiary/aromatic N) is 1. The number of nitrogens with one attached hydrogen (secondary N) is 1. The van der Waals surface area contributed by atoms with E-state index in [1.807, 2.05) is 6.92 Å². The number of aryl methyl sites for hydroxylation is 1. The Kier molecular flexibility index (Phi) is 5.13. The zero-order valence-corrected chi connectivity index (χ0v) is 12.9. The van der Waals surface area contributed by atoms with Crippen molar-refractivity contribution in [3.63, 3.8) is 0 Å². The molecule has 0 saturated heterocycles. The van der Waals surface area contributed by atoms with Crippen molar-refractivity contribution >= 4 is 19.9 Å². The molecule has 1 N–H and O–H groups in total. The van der Waals surface area contributed by atoms with Crippen LogP contribution in [0.5, 0.6) is 0 Å². The second-order valence-corrected chi connectivity index (χ2v) is 11.3. The van der Waals surface area contributed by atoms with Crippen molar-refractivity contribution in [2.24, 2.45) is 0 Å². The molecule has 1 aromatic carbocycles. The van der Waals surface area contributed by atoms with Crippen LogP contribution in [0.1, 0.15) is 11.1 Å². The van der Waals surface area contributed by atoms with Gasteiger partial charge in [-0.1, -0.05) is 19.6 Å². The molecule has 102 valence electrons. The van der Waals surface area contributed by atoms with Gasteiger partial charge in [0.05, 0.1) is 18.2 Å². The molecular weight excluding hydrogens is 256 g/mol. The number of carbonyl (C=O) groups is 1. The van der Waals surface area contributed by atoms with Crippen LogP contribution in [0.25, 0.3) is 0 Å². The highest BCUT2D eigenvalue weighted by Crippen LogP contribution is 2.15. The summed E-state index contributed by atoms with van der Waals surface area (Å²) < 4.78 is 5.14. The van der Waals surface area contributed by atoms with Gasteiger partial charge in [0.25, 0.3) is 0 Å². The van der Waals surface area contributed by atoms with Crippen LogP contribution in [-0.2, 0) is 4.74 Å². The monoisotopic (exact) mass is 276 g/mol. The Labute approximate surface area is 115 Å². The molecule has 0 bridgehead atoms. The Balaban J connectivity index is 2.49. The van der Waals surface area contributed by atoms with Crippen LogP contribution in [0.3, 0.4) is 0 Å². The van der Waals surface area contributed by atoms with Gasteiger partial charge in [0.2, 0.25) is 0 Å². The van der Waals surface area contributed by atoms with Gasteiger partial charge < -0.3 is 4.74 Å². The summed E-state index contributed by atoms with van der Waals surface area (Å²) in [4.78, 5) is 11.6. The van der Waals surface area contributed by atoms with E-state index in [2.05, 4.69) is 31.0 Å². The van der Waals surface area contributed by atoms with Crippen LogP contribution in [0, 0.1) is 18.3 Å². The zero-order chi connectivity index (χ0) is 14.5. The summed E-state index contributed by atoms with van der Waals surface area (Å²) >= 11 is 0. The first-order valence-electron chi connectivity index (χ1n) is 6.26. The van der Waals surface area contributed by atoms with Crippen LogP contribution in [0.15, 0.2) is 18.2 Å². The molecule has 0 radical (unpaired) electrons. The predicted molar refractivity (Wildman–Crippen MR) is 79.0 cm³/mol.